The Labute approximate surface area is 62.8 Å². The van der Waals surface area contributed by atoms with Crippen LogP contribution in [0.4, 0.5) is 0 Å². The van der Waals surface area contributed by atoms with Gasteiger partial charge in [-0.15, -0.1) is 0 Å². The maximum absolute atomic E-state index is 10.9. The van der Waals surface area contributed by atoms with Crippen molar-refractivity contribution in [2.24, 2.45) is 11.8 Å². The van der Waals surface area contributed by atoms with Gasteiger partial charge in [-0.2, -0.15) is 0 Å². The van der Waals surface area contributed by atoms with Crippen molar-refractivity contribution >= 4 is 5.78 Å². The summed E-state index contributed by atoms with van der Waals surface area (Å²) in [6.45, 7) is 4.46. The normalized spacial score (nSPS) is 29.0. The molecule has 0 aliphatic heterocycles. The minimum atomic E-state index is 0.477. The highest BCUT2D eigenvalue weighted by atomic mass is 16.1. The Morgan fingerprint density at radius 1 is 1.70 bits per heavy atom. The molecule has 1 fully saturated rings. The second-order valence-electron chi connectivity index (χ2n) is 3.43. The summed E-state index contributed by atoms with van der Waals surface area (Å²) in [7, 11) is 0. The molecule has 2 atom stereocenters. The van der Waals surface area contributed by atoms with Crippen molar-refractivity contribution in [1.29, 1.82) is 0 Å². The van der Waals surface area contributed by atoms with Crippen LogP contribution in [0.1, 0.15) is 39.5 Å². The van der Waals surface area contributed by atoms with Crippen molar-refractivity contribution in [3.63, 3.8) is 0 Å². The van der Waals surface area contributed by atoms with Crippen molar-refractivity contribution in [2.45, 2.75) is 39.5 Å². The molecule has 0 aromatic carbocycles. The molecule has 1 aliphatic rings. The number of carbonyl (C=O) groups is 1. The molecule has 0 heterocycles. The molecular weight excluding hydrogens is 124 g/mol. The van der Waals surface area contributed by atoms with Gasteiger partial charge in [0, 0.05) is 12.8 Å². The van der Waals surface area contributed by atoms with Crippen LogP contribution in [0.25, 0.3) is 0 Å². The number of ketones is 1. The van der Waals surface area contributed by atoms with Gasteiger partial charge < -0.3 is 0 Å². The molecule has 1 saturated carbocycles. The van der Waals surface area contributed by atoms with Gasteiger partial charge in [-0.05, 0) is 18.3 Å². The molecule has 0 aromatic rings. The fourth-order valence-electron chi connectivity index (χ4n) is 1.66. The van der Waals surface area contributed by atoms with Crippen molar-refractivity contribution in [3.8, 4) is 0 Å². The van der Waals surface area contributed by atoms with E-state index in [1.54, 1.807) is 0 Å². The van der Waals surface area contributed by atoms with E-state index >= 15 is 0 Å². The second kappa shape index (κ2) is 3.18. The first-order chi connectivity index (χ1) is 4.74. The van der Waals surface area contributed by atoms with E-state index in [9.17, 15) is 4.79 Å². The summed E-state index contributed by atoms with van der Waals surface area (Å²) >= 11 is 0. The summed E-state index contributed by atoms with van der Waals surface area (Å²) in [4.78, 5) is 10.9. The Hall–Kier alpha value is -0.330. The lowest BCUT2D eigenvalue weighted by Crippen LogP contribution is -2.06. The molecule has 0 spiro atoms. The van der Waals surface area contributed by atoms with Gasteiger partial charge in [0.2, 0.25) is 0 Å². The van der Waals surface area contributed by atoms with Crippen LogP contribution in [0, 0.1) is 11.8 Å². The average Bonchev–Trinajstić information content (AvgIpc) is 2.34. The number of rotatable bonds is 2. The highest BCUT2D eigenvalue weighted by Gasteiger charge is 2.25. The molecule has 0 unspecified atom stereocenters. The SMILES string of the molecule is CC[C@@H](C)[C@@H]1CCC(=O)C1. The maximum atomic E-state index is 10.9. The Bertz CT molecular complexity index is 129. The second-order valence-corrected chi connectivity index (χ2v) is 3.43. The van der Waals surface area contributed by atoms with Crippen molar-refractivity contribution in [2.75, 3.05) is 0 Å². The summed E-state index contributed by atoms with van der Waals surface area (Å²) in [5.41, 5.74) is 0. The standard InChI is InChI=1S/C9H16O/c1-3-7(2)8-4-5-9(10)6-8/h7-8H,3-6H2,1-2H3/t7-,8-/m1/s1. The molecule has 1 rings (SSSR count). The summed E-state index contributed by atoms with van der Waals surface area (Å²) < 4.78 is 0. The molecule has 58 valence electrons. The van der Waals surface area contributed by atoms with Crippen LogP contribution >= 0.6 is 0 Å². The lowest BCUT2D eigenvalue weighted by molar-refractivity contribution is -0.117. The van der Waals surface area contributed by atoms with Crippen LogP contribution < -0.4 is 0 Å². The molecule has 0 radical (unpaired) electrons. The van der Waals surface area contributed by atoms with E-state index in [-0.39, 0.29) is 0 Å². The first-order valence-electron chi connectivity index (χ1n) is 4.25. The molecule has 1 aliphatic carbocycles. The fraction of sp³-hybridized carbons (Fsp3) is 0.889. The molecule has 10 heavy (non-hydrogen) atoms. The van der Waals surface area contributed by atoms with E-state index in [0.717, 1.165) is 25.2 Å². The first kappa shape index (κ1) is 7.77. The summed E-state index contributed by atoms with van der Waals surface area (Å²) in [5, 5.41) is 0. The first-order valence-corrected chi connectivity index (χ1v) is 4.25. The number of hydrogen-bond acceptors (Lipinski definition) is 1. The van der Waals surface area contributed by atoms with Gasteiger partial charge in [0.15, 0.2) is 0 Å². The maximum Gasteiger partial charge on any atom is 0.133 e. The summed E-state index contributed by atoms with van der Waals surface area (Å²) in [6.07, 6.45) is 4.07. The van der Waals surface area contributed by atoms with Gasteiger partial charge in [0.05, 0.1) is 0 Å². The minimum Gasteiger partial charge on any atom is -0.300 e. The molecule has 0 aromatic heterocycles. The van der Waals surface area contributed by atoms with Crippen LogP contribution in [0.2, 0.25) is 0 Å². The largest absolute Gasteiger partial charge is 0.300 e. The molecule has 0 N–H and O–H groups in total. The van der Waals surface area contributed by atoms with Crippen LogP contribution in [-0.4, -0.2) is 5.78 Å². The van der Waals surface area contributed by atoms with Crippen LogP contribution in [0.3, 0.4) is 0 Å². The zero-order valence-electron chi connectivity index (χ0n) is 6.89. The summed E-state index contributed by atoms with van der Waals surface area (Å²) in [6, 6.07) is 0. The van der Waals surface area contributed by atoms with Crippen LogP contribution in [0.15, 0.2) is 0 Å². The van der Waals surface area contributed by atoms with E-state index in [4.69, 9.17) is 0 Å². The molecule has 0 amide bonds. The van der Waals surface area contributed by atoms with E-state index in [1.807, 2.05) is 0 Å². The fourth-order valence-corrected chi connectivity index (χ4v) is 1.66. The van der Waals surface area contributed by atoms with Gasteiger partial charge >= 0.3 is 0 Å². The highest BCUT2D eigenvalue weighted by molar-refractivity contribution is 5.80. The highest BCUT2D eigenvalue weighted by Crippen LogP contribution is 2.30. The van der Waals surface area contributed by atoms with Crippen molar-refractivity contribution in [3.05, 3.63) is 0 Å². The number of carbonyl (C=O) groups excluding carboxylic acids is 1. The average molecular weight is 140 g/mol. The van der Waals surface area contributed by atoms with E-state index < -0.39 is 0 Å². The Balaban J connectivity index is 2.36. The van der Waals surface area contributed by atoms with Crippen LogP contribution in [0.5, 0.6) is 0 Å². The number of Topliss-reactive ketones (excluding diaryl/α,β-unsaturated/α-hetero) is 1. The predicted molar refractivity (Wildman–Crippen MR) is 41.8 cm³/mol. The van der Waals surface area contributed by atoms with Crippen molar-refractivity contribution in [1.82, 2.24) is 0 Å². The summed E-state index contributed by atoms with van der Waals surface area (Å²) in [5.74, 6) is 1.94. The van der Waals surface area contributed by atoms with Crippen LogP contribution in [-0.2, 0) is 4.79 Å². The Kier molecular flexibility index (Phi) is 2.47. The van der Waals surface area contributed by atoms with Gasteiger partial charge in [-0.1, -0.05) is 20.3 Å². The van der Waals surface area contributed by atoms with Gasteiger partial charge in [0.25, 0.3) is 0 Å². The lowest BCUT2D eigenvalue weighted by Gasteiger charge is -2.14. The molecular formula is C9H16O. The predicted octanol–water partition coefficient (Wildman–Crippen LogP) is 2.40. The zero-order chi connectivity index (χ0) is 7.56. The van der Waals surface area contributed by atoms with E-state index in [2.05, 4.69) is 13.8 Å². The molecule has 0 bridgehead atoms. The third-order valence-corrected chi connectivity index (χ3v) is 2.73. The molecule has 0 saturated heterocycles. The third-order valence-electron chi connectivity index (χ3n) is 2.73. The van der Waals surface area contributed by atoms with Gasteiger partial charge in [-0.25, -0.2) is 0 Å². The quantitative estimate of drug-likeness (QED) is 0.575. The minimum absolute atomic E-state index is 0.477. The molecule has 1 heteroatoms. The number of hydrogen-bond donors (Lipinski definition) is 0. The van der Waals surface area contributed by atoms with Gasteiger partial charge in [-0.3, -0.25) is 4.79 Å². The smallest absolute Gasteiger partial charge is 0.133 e. The Morgan fingerprint density at radius 2 is 2.40 bits per heavy atom. The molecule has 1 nitrogen and oxygen atoms in total. The third kappa shape index (κ3) is 1.59. The van der Waals surface area contributed by atoms with E-state index in [1.165, 1.54) is 6.42 Å². The van der Waals surface area contributed by atoms with Gasteiger partial charge in [0.1, 0.15) is 5.78 Å². The topological polar surface area (TPSA) is 17.1 Å². The van der Waals surface area contributed by atoms with E-state index in [0.29, 0.717) is 11.7 Å². The Morgan fingerprint density at radius 3 is 2.80 bits per heavy atom. The lowest BCUT2D eigenvalue weighted by atomic mass is 9.91. The van der Waals surface area contributed by atoms with Crippen molar-refractivity contribution < 1.29 is 4.79 Å². The zero-order valence-corrected chi connectivity index (χ0v) is 6.89. The monoisotopic (exact) mass is 140 g/mol.